The van der Waals surface area contributed by atoms with E-state index in [2.05, 4.69) is 20.6 Å². The Morgan fingerprint density at radius 1 is 0.906 bits per heavy atom. The van der Waals surface area contributed by atoms with Crippen molar-refractivity contribution in [2.45, 2.75) is 12.5 Å². The minimum Gasteiger partial charge on any atom is -0.399 e. The van der Waals surface area contributed by atoms with Crippen molar-refractivity contribution in [3.63, 3.8) is 0 Å². The lowest BCUT2D eigenvalue weighted by Crippen LogP contribution is -2.37. The van der Waals surface area contributed by atoms with E-state index in [4.69, 9.17) is 11.5 Å². The normalized spacial score (nSPS) is 11.5. The van der Waals surface area contributed by atoms with Crippen molar-refractivity contribution in [2.75, 3.05) is 16.4 Å². The molecule has 0 saturated carbocycles. The second-order valence-electron chi connectivity index (χ2n) is 7.38. The number of rotatable bonds is 7. The molecule has 0 aliphatic carbocycles. The van der Waals surface area contributed by atoms with E-state index in [1.807, 2.05) is 84.9 Å². The zero-order valence-corrected chi connectivity index (χ0v) is 17.4. The molecule has 1 heterocycles. The van der Waals surface area contributed by atoms with Crippen molar-refractivity contribution in [1.29, 1.82) is 0 Å². The fourth-order valence-electron chi connectivity index (χ4n) is 3.25. The molecule has 0 spiro atoms. The van der Waals surface area contributed by atoms with Gasteiger partial charge in [0.05, 0.1) is 11.7 Å². The van der Waals surface area contributed by atoms with Crippen LogP contribution in [0.5, 0.6) is 0 Å². The van der Waals surface area contributed by atoms with E-state index in [1.54, 1.807) is 6.20 Å². The Balaban J connectivity index is 1.40. The molecule has 1 atom stereocenters. The van der Waals surface area contributed by atoms with Crippen molar-refractivity contribution in [3.05, 3.63) is 96.7 Å². The predicted molar refractivity (Wildman–Crippen MR) is 128 cm³/mol. The second kappa shape index (κ2) is 9.72. The molecule has 160 valence electrons. The van der Waals surface area contributed by atoms with Gasteiger partial charge in [0.25, 0.3) is 0 Å². The first-order valence-corrected chi connectivity index (χ1v) is 10.2. The van der Waals surface area contributed by atoms with E-state index in [1.165, 1.54) is 0 Å². The maximum absolute atomic E-state index is 12.4. The molecule has 1 unspecified atom stereocenters. The first kappa shape index (κ1) is 21.0. The van der Waals surface area contributed by atoms with Gasteiger partial charge in [-0.3, -0.25) is 4.79 Å². The lowest BCUT2D eigenvalue weighted by Gasteiger charge is -2.13. The minimum absolute atomic E-state index is 0.225. The van der Waals surface area contributed by atoms with Crippen LogP contribution in [0.3, 0.4) is 0 Å². The van der Waals surface area contributed by atoms with E-state index in [9.17, 15) is 4.79 Å². The molecule has 1 amide bonds. The summed E-state index contributed by atoms with van der Waals surface area (Å²) in [5.41, 5.74) is 16.7. The Bertz CT molecular complexity index is 1190. The molecule has 4 rings (SSSR count). The maximum Gasteiger partial charge on any atom is 0.241 e. The molecule has 1 aromatic heterocycles. The van der Waals surface area contributed by atoms with E-state index in [0.29, 0.717) is 23.7 Å². The highest BCUT2D eigenvalue weighted by molar-refractivity contribution is 5.95. The molecule has 32 heavy (non-hydrogen) atoms. The van der Waals surface area contributed by atoms with Crippen LogP contribution >= 0.6 is 0 Å². The fraction of sp³-hybridized carbons (Fsp3) is 0.0800. The molecule has 0 aliphatic heterocycles. The van der Waals surface area contributed by atoms with Crippen molar-refractivity contribution in [1.82, 2.24) is 9.97 Å². The predicted octanol–water partition coefficient (Wildman–Crippen LogP) is 3.98. The molecule has 0 saturated heterocycles. The molecular weight excluding hydrogens is 400 g/mol. The molecule has 0 radical (unpaired) electrons. The van der Waals surface area contributed by atoms with Crippen molar-refractivity contribution in [3.8, 4) is 11.3 Å². The molecule has 4 aromatic rings. The SMILES string of the molecule is Nc1cccc(Nc2nccc(-c3ccc(NC(=O)C(N)Cc4ccccc4)cc3)n2)c1. The summed E-state index contributed by atoms with van der Waals surface area (Å²) in [7, 11) is 0. The number of carbonyl (C=O) groups is 1. The maximum atomic E-state index is 12.4. The Morgan fingerprint density at radius 2 is 1.69 bits per heavy atom. The Morgan fingerprint density at radius 3 is 2.44 bits per heavy atom. The lowest BCUT2D eigenvalue weighted by molar-refractivity contribution is -0.117. The summed E-state index contributed by atoms with van der Waals surface area (Å²) in [5.74, 6) is 0.245. The van der Waals surface area contributed by atoms with Gasteiger partial charge in [-0.05, 0) is 48.4 Å². The number of benzene rings is 3. The van der Waals surface area contributed by atoms with Crippen LogP contribution in [0.25, 0.3) is 11.3 Å². The summed E-state index contributed by atoms with van der Waals surface area (Å²) < 4.78 is 0. The van der Waals surface area contributed by atoms with Crippen LogP contribution in [0.15, 0.2) is 91.1 Å². The summed E-state index contributed by atoms with van der Waals surface area (Å²) in [6.45, 7) is 0. The average molecular weight is 425 g/mol. The third-order valence-corrected chi connectivity index (χ3v) is 4.88. The highest BCUT2D eigenvalue weighted by atomic mass is 16.2. The van der Waals surface area contributed by atoms with Crippen LogP contribution in [0.4, 0.5) is 23.0 Å². The summed E-state index contributed by atoms with van der Waals surface area (Å²) in [6, 6.07) is 25.8. The minimum atomic E-state index is -0.625. The number of hydrogen-bond acceptors (Lipinski definition) is 6. The van der Waals surface area contributed by atoms with Crippen LogP contribution < -0.4 is 22.1 Å². The smallest absolute Gasteiger partial charge is 0.241 e. The molecular formula is C25H24N6O. The van der Waals surface area contributed by atoms with Gasteiger partial charge in [0.15, 0.2) is 0 Å². The number of aromatic nitrogens is 2. The van der Waals surface area contributed by atoms with Crippen LogP contribution in [-0.2, 0) is 11.2 Å². The quantitative estimate of drug-likeness (QED) is 0.333. The van der Waals surface area contributed by atoms with Gasteiger partial charge in [-0.2, -0.15) is 0 Å². The fourth-order valence-corrected chi connectivity index (χ4v) is 3.25. The Kier molecular flexibility index (Phi) is 6.38. The van der Waals surface area contributed by atoms with Gasteiger partial charge in [0.2, 0.25) is 11.9 Å². The van der Waals surface area contributed by atoms with E-state index in [-0.39, 0.29) is 5.91 Å². The van der Waals surface area contributed by atoms with Crippen LogP contribution in [-0.4, -0.2) is 21.9 Å². The second-order valence-corrected chi connectivity index (χ2v) is 7.38. The number of amides is 1. The zero-order valence-electron chi connectivity index (χ0n) is 17.4. The van der Waals surface area contributed by atoms with Gasteiger partial charge in [-0.1, -0.05) is 48.5 Å². The van der Waals surface area contributed by atoms with Gasteiger partial charge in [-0.25, -0.2) is 9.97 Å². The summed E-state index contributed by atoms with van der Waals surface area (Å²) in [5, 5.41) is 6.02. The standard InChI is InChI=1S/C25H24N6O/c26-19-7-4-8-21(16-19)30-25-28-14-13-23(31-25)18-9-11-20(12-10-18)29-24(32)22(27)15-17-5-2-1-3-6-17/h1-14,16,22H,15,26-27H2,(H,29,32)(H,28,30,31). The van der Waals surface area contributed by atoms with Crippen molar-refractivity contribution >= 4 is 28.9 Å². The Hall–Kier alpha value is -4.23. The molecule has 3 aromatic carbocycles. The van der Waals surface area contributed by atoms with Gasteiger partial charge in [0.1, 0.15) is 0 Å². The first-order chi connectivity index (χ1) is 15.6. The van der Waals surface area contributed by atoms with Crippen LogP contribution in [0.1, 0.15) is 5.56 Å². The molecule has 7 heteroatoms. The number of hydrogen-bond donors (Lipinski definition) is 4. The molecule has 0 aliphatic rings. The first-order valence-electron chi connectivity index (χ1n) is 10.2. The summed E-state index contributed by atoms with van der Waals surface area (Å²) in [4.78, 5) is 21.3. The number of anilines is 4. The lowest BCUT2D eigenvalue weighted by atomic mass is 10.1. The van der Waals surface area contributed by atoms with E-state index in [0.717, 1.165) is 22.5 Å². The van der Waals surface area contributed by atoms with Gasteiger partial charge < -0.3 is 22.1 Å². The summed E-state index contributed by atoms with van der Waals surface area (Å²) >= 11 is 0. The third kappa shape index (κ3) is 5.47. The monoisotopic (exact) mass is 424 g/mol. The van der Waals surface area contributed by atoms with Crippen LogP contribution in [0, 0.1) is 0 Å². The highest BCUT2D eigenvalue weighted by Crippen LogP contribution is 2.22. The number of nitrogen functional groups attached to an aromatic ring is 1. The van der Waals surface area contributed by atoms with E-state index < -0.39 is 6.04 Å². The van der Waals surface area contributed by atoms with Gasteiger partial charge in [0, 0.05) is 28.8 Å². The molecule has 7 nitrogen and oxygen atoms in total. The van der Waals surface area contributed by atoms with Crippen molar-refractivity contribution < 1.29 is 4.79 Å². The zero-order chi connectivity index (χ0) is 22.3. The van der Waals surface area contributed by atoms with E-state index >= 15 is 0 Å². The number of carbonyl (C=O) groups excluding carboxylic acids is 1. The molecule has 0 fully saturated rings. The number of nitrogens with zero attached hydrogens (tertiary/aromatic N) is 2. The molecule has 6 N–H and O–H groups in total. The average Bonchev–Trinajstić information content (AvgIpc) is 2.80. The highest BCUT2D eigenvalue weighted by Gasteiger charge is 2.14. The third-order valence-electron chi connectivity index (χ3n) is 4.88. The van der Waals surface area contributed by atoms with Gasteiger partial charge >= 0.3 is 0 Å². The largest absolute Gasteiger partial charge is 0.399 e. The summed E-state index contributed by atoms with van der Waals surface area (Å²) in [6.07, 6.45) is 2.17. The number of nitrogens with two attached hydrogens (primary N) is 2. The van der Waals surface area contributed by atoms with Gasteiger partial charge in [-0.15, -0.1) is 0 Å². The Labute approximate surface area is 186 Å². The van der Waals surface area contributed by atoms with Crippen molar-refractivity contribution in [2.24, 2.45) is 5.73 Å². The topological polar surface area (TPSA) is 119 Å². The number of nitrogens with one attached hydrogen (secondary N) is 2. The van der Waals surface area contributed by atoms with Crippen LogP contribution in [0.2, 0.25) is 0 Å². The molecule has 0 bridgehead atoms.